The van der Waals surface area contributed by atoms with E-state index in [4.69, 9.17) is 4.74 Å². The Morgan fingerprint density at radius 3 is 2.59 bits per heavy atom. The summed E-state index contributed by atoms with van der Waals surface area (Å²) in [7, 11) is 0. The Kier molecular flexibility index (Phi) is 7.17. The fourth-order valence-electron chi connectivity index (χ4n) is 4.63. The van der Waals surface area contributed by atoms with Gasteiger partial charge in [-0.05, 0) is 70.5 Å². The minimum absolute atomic E-state index is 0.112. The molecular formula is C28H33FN8O2. The number of pyridine rings is 1. The number of carbonyl (C=O) groups is 1. The number of H-pyrrole nitrogens is 1. The van der Waals surface area contributed by atoms with Gasteiger partial charge in [0, 0.05) is 49.7 Å². The smallest absolute Gasteiger partial charge is 0.410 e. The molecule has 5 rings (SSSR count). The van der Waals surface area contributed by atoms with Crippen LogP contribution < -0.4 is 5.32 Å². The highest BCUT2D eigenvalue weighted by molar-refractivity contribution is 5.84. The van der Waals surface area contributed by atoms with E-state index in [-0.39, 0.29) is 17.7 Å². The number of aryl methyl sites for hydroxylation is 1. The Bertz CT molecular complexity index is 1490. The number of nitrogens with one attached hydrogen (secondary N) is 2. The molecule has 1 amide bonds. The standard InChI is InChI=1S/C28H33FN8O2/c1-17-14-22(32-16-31-17)20-6-7-21-25(24(20)29)35-26(33-21)34-23-15-19(8-9-30-23)18(2)36-10-12-37(13-11-36)27(38)39-28(3,4)5/h6-9,14-16,18H,10-13H2,1-5H3,(H2,30,33,34,35). The van der Waals surface area contributed by atoms with Gasteiger partial charge in [0.15, 0.2) is 5.82 Å². The summed E-state index contributed by atoms with van der Waals surface area (Å²) < 4.78 is 20.9. The van der Waals surface area contributed by atoms with E-state index in [2.05, 4.69) is 42.1 Å². The van der Waals surface area contributed by atoms with Crippen molar-refractivity contribution >= 4 is 28.9 Å². The van der Waals surface area contributed by atoms with Gasteiger partial charge in [0.25, 0.3) is 0 Å². The van der Waals surface area contributed by atoms with Crippen LogP contribution in [0.3, 0.4) is 0 Å². The maximum Gasteiger partial charge on any atom is 0.410 e. The number of amides is 1. The fraction of sp³-hybridized carbons (Fsp3) is 0.393. The average molecular weight is 533 g/mol. The quantitative estimate of drug-likeness (QED) is 0.360. The van der Waals surface area contributed by atoms with E-state index in [1.165, 1.54) is 6.33 Å². The molecule has 1 aliphatic heterocycles. The maximum atomic E-state index is 15.3. The van der Waals surface area contributed by atoms with Crippen LogP contribution in [0.1, 0.15) is 45.0 Å². The number of rotatable bonds is 5. The van der Waals surface area contributed by atoms with Crippen molar-refractivity contribution in [1.82, 2.24) is 34.7 Å². The van der Waals surface area contributed by atoms with E-state index < -0.39 is 11.4 Å². The van der Waals surface area contributed by atoms with Crippen molar-refractivity contribution in [1.29, 1.82) is 0 Å². The minimum Gasteiger partial charge on any atom is -0.444 e. The van der Waals surface area contributed by atoms with E-state index in [0.717, 1.165) is 24.3 Å². The number of fused-ring (bicyclic) bond motifs is 1. The van der Waals surface area contributed by atoms with Crippen molar-refractivity contribution in [2.24, 2.45) is 0 Å². The molecule has 204 valence electrons. The number of hydrogen-bond acceptors (Lipinski definition) is 8. The average Bonchev–Trinajstić information content (AvgIpc) is 3.31. The fourth-order valence-corrected chi connectivity index (χ4v) is 4.63. The van der Waals surface area contributed by atoms with E-state index in [0.29, 0.717) is 41.6 Å². The number of halogens is 1. The summed E-state index contributed by atoms with van der Waals surface area (Å²) in [5.74, 6) is 0.539. The second-order valence-electron chi connectivity index (χ2n) is 10.7. The van der Waals surface area contributed by atoms with Gasteiger partial charge in [-0.25, -0.2) is 29.1 Å². The van der Waals surface area contributed by atoms with Gasteiger partial charge in [-0.2, -0.15) is 0 Å². The Morgan fingerprint density at radius 1 is 1.10 bits per heavy atom. The SMILES string of the molecule is Cc1cc(-c2ccc3[nH]c(Nc4cc(C(C)N5CCN(C(=O)OC(C)(C)C)CC5)ccn4)nc3c2F)ncn1. The lowest BCUT2D eigenvalue weighted by Gasteiger charge is -2.38. The number of carbonyl (C=O) groups excluding carboxylic acids is 1. The Labute approximate surface area is 226 Å². The van der Waals surface area contributed by atoms with Crippen LogP contribution in [0, 0.1) is 12.7 Å². The van der Waals surface area contributed by atoms with Gasteiger partial charge in [0.2, 0.25) is 5.95 Å². The molecule has 39 heavy (non-hydrogen) atoms. The summed E-state index contributed by atoms with van der Waals surface area (Å²) in [6.45, 7) is 12.3. The van der Waals surface area contributed by atoms with Gasteiger partial charge in [0.05, 0.1) is 11.2 Å². The molecule has 0 radical (unpaired) electrons. The second-order valence-corrected chi connectivity index (χ2v) is 10.7. The predicted molar refractivity (Wildman–Crippen MR) is 147 cm³/mol. The summed E-state index contributed by atoms with van der Waals surface area (Å²) in [6, 6.07) is 9.26. The Morgan fingerprint density at radius 2 is 1.87 bits per heavy atom. The maximum absolute atomic E-state index is 15.3. The number of benzene rings is 1. The van der Waals surface area contributed by atoms with E-state index in [1.807, 2.05) is 39.8 Å². The van der Waals surface area contributed by atoms with Crippen molar-refractivity contribution < 1.29 is 13.9 Å². The van der Waals surface area contributed by atoms with Gasteiger partial charge in [-0.3, -0.25) is 4.90 Å². The molecule has 1 aliphatic rings. The van der Waals surface area contributed by atoms with Crippen LogP contribution in [0.25, 0.3) is 22.3 Å². The lowest BCUT2D eigenvalue weighted by atomic mass is 10.1. The van der Waals surface area contributed by atoms with Crippen LogP contribution in [-0.4, -0.2) is 72.6 Å². The number of hydrogen-bond donors (Lipinski definition) is 2. The first-order chi connectivity index (χ1) is 18.6. The molecule has 4 heterocycles. The molecule has 10 nitrogen and oxygen atoms in total. The zero-order valence-corrected chi connectivity index (χ0v) is 22.8. The molecule has 3 aromatic heterocycles. The number of aromatic nitrogens is 5. The highest BCUT2D eigenvalue weighted by Gasteiger charge is 2.28. The zero-order chi connectivity index (χ0) is 27.7. The Hall–Kier alpha value is -4.12. The van der Waals surface area contributed by atoms with Crippen molar-refractivity contribution in [2.75, 3.05) is 31.5 Å². The molecule has 0 spiro atoms. The van der Waals surface area contributed by atoms with Crippen molar-refractivity contribution in [3.05, 3.63) is 59.9 Å². The summed E-state index contributed by atoms with van der Waals surface area (Å²) >= 11 is 0. The highest BCUT2D eigenvalue weighted by Crippen LogP contribution is 2.29. The molecule has 1 saturated heterocycles. The number of anilines is 2. The van der Waals surface area contributed by atoms with Crippen LogP contribution in [0.4, 0.5) is 21.0 Å². The molecule has 11 heteroatoms. The number of nitrogens with zero attached hydrogens (tertiary/aromatic N) is 6. The largest absolute Gasteiger partial charge is 0.444 e. The molecule has 0 aliphatic carbocycles. The van der Waals surface area contributed by atoms with Crippen LogP contribution >= 0.6 is 0 Å². The summed E-state index contributed by atoms with van der Waals surface area (Å²) in [5.41, 5.74) is 2.99. The summed E-state index contributed by atoms with van der Waals surface area (Å²) in [4.78, 5) is 36.8. The minimum atomic E-state index is -0.508. The molecule has 2 N–H and O–H groups in total. The second kappa shape index (κ2) is 10.6. The van der Waals surface area contributed by atoms with Gasteiger partial charge in [-0.15, -0.1) is 0 Å². The third-order valence-corrected chi connectivity index (χ3v) is 6.70. The number of ether oxygens (including phenoxy) is 1. The van der Waals surface area contributed by atoms with Crippen molar-refractivity contribution in [3.8, 4) is 11.3 Å². The van der Waals surface area contributed by atoms with Crippen molar-refractivity contribution in [3.63, 3.8) is 0 Å². The van der Waals surface area contributed by atoms with Gasteiger partial charge in [0.1, 0.15) is 23.3 Å². The molecule has 0 saturated carbocycles. The predicted octanol–water partition coefficient (Wildman–Crippen LogP) is 5.22. The summed E-state index contributed by atoms with van der Waals surface area (Å²) in [6.07, 6.45) is 2.89. The monoisotopic (exact) mass is 532 g/mol. The summed E-state index contributed by atoms with van der Waals surface area (Å²) in [5, 5.41) is 3.17. The first kappa shape index (κ1) is 26.5. The normalized spacial score (nSPS) is 15.4. The van der Waals surface area contributed by atoms with E-state index in [9.17, 15) is 4.79 Å². The molecule has 1 atom stereocenters. The van der Waals surface area contributed by atoms with Gasteiger partial charge in [-0.1, -0.05) is 0 Å². The number of aromatic amines is 1. The van der Waals surface area contributed by atoms with Gasteiger partial charge >= 0.3 is 6.09 Å². The molecule has 1 fully saturated rings. The highest BCUT2D eigenvalue weighted by atomic mass is 19.1. The zero-order valence-electron chi connectivity index (χ0n) is 22.8. The molecular weight excluding hydrogens is 499 g/mol. The molecule has 0 bridgehead atoms. The van der Waals surface area contributed by atoms with Crippen LogP contribution in [0.5, 0.6) is 0 Å². The third kappa shape index (κ3) is 5.98. The van der Waals surface area contributed by atoms with Gasteiger partial charge < -0.3 is 19.9 Å². The van der Waals surface area contributed by atoms with Crippen LogP contribution in [0.15, 0.2) is 42.9 Å². The topological polar surface area (TPSA) is 112 Å². The Balaban J connectivity index is 1.27. The van der Waals surface area contributed by atoms with E-state index >= 15 is 4.39 Å². The lowest BCUT2D eigenvalue weighted by molar-refractivity contribution is 0.0110. The lowest BCUT2D eigenvalue weighted by Crippen LogP contribution is -2.50. The van der Waals surface area contributed by atoms with E-state index in [1.54, 1.807) is 29.3 Å². The first-order valence-corrected chi connectivity index (χ1v) is 13.0. The molecule has 4 aromatic rings. The van der Waals surface area contributed by atoms with Crippen molar-refractivity contribution in [2.45, 2.75) is 46.3 Å². The molecule has 1 aromatic carbocycles. The molecule has 1 unspecified atom stereocenters. The van der Waals surface area contributed by atoms with Crippen LogP contribution in [0.2, 0.25) is 0 Å². The number of imidazole rings is 1. The van der Waals surface area contributed by atoms with Crippen LogP contribution in [-0.2, 0) is 4.74 Å². The first-order valence-electron chi connectivity index (χ1n) is 13.0. The number of piperazine rings is 1. The third-order valence-electron chi connectivity index (χ3n) is 6.70.